The van der Waals surface area contributed by atoms with Crippen LogP contribution in [0.5, 0.6) is 0 Å². The van der Waals surface area contributed by atoms with Crippen LogP contribution in [0.4, 0.5) is 0 Å². The molecule has 55 heavy (non-hydrogen) atoms. The summed E-state index contributed by atoms with van der Waals surface area (Å²) in [5, 5.41) is 11.0. The van der Waals surface area contributed by atoms with Gasteiger partial charge in [0.1, 0.15) is 0 Å². The van der Waals surface area contributed by atoms with E-state index >= 15 is 0 Å². The maximum atomic E-state index is 5.52. The molecule has 4 heterocycles. The zero-order chi connectivity index (χ0) is 36.2. The van der Waals surface area contributed by atoms with Crippen molar-refractivity contribution in [2.45, 2.75) is 19.3 Å². The van der Waals surface area contributed by atoms with E-state index in [1.54, 1.807) is 0 Å². The van der Waals surface area contributed by atoms with Crippen LogP contribution < -0.4 is 0 Å². The number of benzene rings is 8. The fourth-order valence-electron chi connectivity index (χ4n) is 10.3. The molecule has 0 bridgehead atoms. The van der Waals surface area contributed by atoms with Gasteiger partial charge in [-0.2, -0.15) is 0 Å². The van der Waals surface area contributed by atoms with Crippen molar-refractivity contribution in [3.63, 3.8) is 0 Å². The van der Waals surface area contributed by atoms with Crippen molar-refractivity contribution in [2.24, 2.45) is 0 Å². The van der Waals surface area contributed by atoms with Crippen molar-refractivity contribution in [1.29, 1.82) is 0 Å². The van der Waals surface area contributed by atoms with Crippen molar-refractivity contribution in [1.82, 2.24) is 18.9 Å². The molecule has 0 saturated carbocycles. The van der Waals surface area contributed by atoms with Gasteiger partial charge in [-0.05, 0) is 74.8 Å². The Hall–Kier alpha value is -7.04. The van der Waals surface area contributed by atoms with E-state index in [4.69, 9.17) is 9.97 Å². The molecule has 0 saturated heterocycles. The summed E-state index contributed by atoms with van der Waals surface area (Å²) in [6.07, 6.45) is 0. The Kier molecular flexibility index (Phi) is 5.42. The summed E-state index contributed by atoms with van der Waals surface area (Å²) in [4.78, 5) is 10.9. The fraction of sp³-hybridized carbons (Fsp3) is 0.0588. The molecule has 0 N–H and O–H groups in total. The molecule has 0 radical (unpaired) electrons. The van der Waals surface area contributed by atoms with Crippen LogP contribution in [0.2, 0.25) is 0 Å². The summed E-state index contributed by atoms with van der Waals surface area (Å²) < 4.78 is 4.85. The Bertz CT molecular complexity index is 3620. The molecule has 13 rings (SSSR count). The van der Waals surface area contributed by atoms with E-state index in [0.717, 1.165) is 38.6 Å². The lowest BCUT2D eigenvalue weighted by Gasteiger charge is -2.22. The van der Waals surface area contributed by atoms with Crippen LogP contribution >= 0.6 is 0 Å². The van der Waals surface area contributed by atoms with Gasteiger partial charge in [0.05, 0.1) is 38.8 Å². The minimum atomic E-state index is -0.148. The molecule has 0 atom stereocenters. The number of hydrogen-bond donors (Lipinski definition) is 0. The second kappa shape index (κ2) is 10.1. The third-order valence-corrected chi connectivity index (χ3v) is 12.6. The number of hydrogen-bond acceptors (Lipinski definition) is 2. The molecule has 256 valence electrons. The van der Waals surface area contributed by atoms with E-state index in [0.29, 0.717) is 5.95 Å². The minimum absolute atomic E-state index is 0.148. The predicted octanol–water partition coefficient (Wildman–Crippen LogP) is 13.0. The SMILES string of the molecule is CC1(C)c2ccccc2-c2c1cc1c3cccc4c3c3c(cccc3n3c5ccccc5c2c13)n4-c1nc(-c2ccccc2)c2c(ccc3ccccc32)n1. The van der Waals surface area contributed by atoms with Gasteiger partial charge in [-0.25, -0.2) is 9.97 Å². The zero-order valence-corrected chi connectivity index (χ0v) is 30.3. The number of nitrogens with zero attached hydrogens (tertiary/aromatic N) is 4. The van der Waals surface area contributed by atoms with Gasteiger partial charge in [0.15, 0.2) is 0 Å². The van der Waals surface area contributed by atoms with Crippen LogP contribution in [0.1, 0.15) is 25.0 Å². The smallest absolute Gasteiger partial charge is 0.235 e. The average Bonchev–Trinajstić information content (AvgIpc) is 3.80. The summed E-state index contributed by atoms with van der Waals surface area (Å²) in [6.45, 7) is 4.78. The van der Waals surface area contributed by atoms with Crippen molar-refractivity contribution in [2.75, 3.05) is 0 Å². The molecule has 0 amide bonds. The van der Waals surface area contributed by atoms with Crippen LogP contribution in [-0.2, 0) is 5.41 Å². The molecule has 12 aromatic rings. The summed E-state index contributed by atoms with van der Waals surface area (Å²) in [5.41, 5.74) is 14.1. The maximum absolute atomic E-state index is 5.52. The summed E-state index contributed by atoms with van der Waals surface area (Å²) in [6, 6.07) is 57.5. The Labute approximate surface area is 315 Å². The molecule has 4 heteroatoms. The number of aromatic nitrogens is 4. The van der Waals surface area contributed by atoms with E-state index in [1.165, 1.54) is 76.5 Å². The Morgan fingerprint density at radius 2 is 1.16 bits per heavy atom. The third-order valence-electron chi connectivity index (χ3n) is 12.6. The van der Waals surface area contributed by atoms with Crippen molar-refractivity contribution >= 4 is 81.6 Å². The molecule has 0 aliphatic heterocycles. The summed E-state index contributed by atoms with van der Waals surface area (Å²) >= 11 is 0. The first kappa shape index (κ1) is 29.4. The lowest BCUT2D eigenvalue weighted by atomic mass is 9.81. The van der Waals surface area contributed by atoms with E-state index in [2.05, 4.69) is 181 Å². The van der Waals surface area contributed by atoms with Gasteiger partial charge < -0.3 is 4.40 Å². The molecular weight excluding hydrogens is 669 g/mol. The van der Waals surface area contributed by atoms with Gasteiger partial charge in [-0.3, -0.25) is 4.57 Å². The van der Waals surface area contributed by atoms with Gasteiger partial charge in [0.25, 0.3) is 0 Å². The number of rotatable bonds is 2. The van der Waals surface area contributed by atoms with Crippen LogP contribution in [0.3, 0.4) is 0 Å². The molecule has 0 unspecified atom stereocenters. The van der Waals surface area contributed by atoms with Crippen LogP contribution in [-0.4, -0.2) is 18.9 Å². The standard InChI is InChI=1S/C51H32N4/c1-51(2)36-21-10-8-18-33(36)43-37(51)28-35-32-20-12-23-40-45(32)47-41(54-39-22-11-9-19-34(39)46(43)49(35)54)24-13-25-42(47)55(40)50-52-38-27-26-29-14-6-7-17-31(29)44(38)48(53-50)30-15-4-3-5-16-30/h3-28H,1-2H3. The highest BCUT2D eigenvalue weighted by Gasteiger charge is 2.38. The molecular formula is C51H32N4. The summed E-state index contributed by atoms with van der Waals surface area (Å²) in [5.74, 6) is 0.671. The van der Waals surface area contributed by atoms with E-state index in [9.17, 15) is 0 Å². The third kappa shape index (κ3) is 3.57. The van der Waals surface area contributed by atoms with Crippen molar-refractivity contribution in [3.05, 3.63) is 169 Å². The molecule has 0 fully saturated rings. The molecule has 4 aromatic heterocycles. The second-order valence-corrected chi connectivity index (χ2v) is 15.7. The molecule has 8 aromatic carbocycles. The monoisotopic (exact) mass is 700 g/mol. The second-order valence-electron chi connectivity index (χ2n) is 15.7. The van der Waals surface area contributed by atoms with Crippen LogP contribution in [0.25, 0.3) is 110 Å². The fourth-order valence-corrected chi connectivity index (χ4v) is 10.3. The Morgan fingerprint density at radius 1 is 0.473 bits per heavy atom. The van der Waals surface area contributed by atoms with Gasteiger partial charge in [-0.1, -0.05) is 135 Å². The van der Waals surface area contributed by atoms with Gasteiger partial charge >= 0.3 is 0 Å². The quantitative estimate of drug-likeness (QED) is 0.168. The molecule has 1 aliphatic rings. The Balaban J connectivity index is 1.24. The maximum Gasteiger partial charge on any atom is 0.235 e. The molecule has 1 aliphatic carbocycles. The molecule has 4 nitrogen and oxygen atoms in total. The Morgan fingerprint density at radius 3 is 2.05 bits per heavy atom. The van der Waals surface area contributed by atoms with Gasteiger partial charge in [0, 0.05) is 43.3 Å². The first-order valence-corrected chi connectivity index (χ1v) is 19.1. The van der Waals surface area contributed by atoms with E-state index < -0.39 is 0 Å². The van der Waals surface area contributed by atoms with Gasteiger partial charge in [-0.15, -0.1) is 0 Å². The van der Waals surface area contributed by atoms with Crippen LogP contribution in [0.15, 0.2) is 158 Å². The lowest BCUT2D eigenvalue weighted by molar-refractivity contribution is 0.661. The van der Waals surface area contributed by atoms with E-state index in [1.807, 2.05) is 0 Å². The lowest BCUT2D eigenvalue weighted by Crippen LogP contribution is -2.14. The predicted molar refractivity (Wildman–Crippen MR) is 229 cm³/mol. The molecule has 0 spiro atoms. The van der Waals surface area contributed by atoms with Gasteiger partial charge in [0.2, 0.25) is 5.95 Å². The highest BCUT2D eigenvalue weighted by atomic mass is 15.2. The minimum Gasteiger partial charge on any atom is -0.308 e. The zero-order valence-electron chi connectivity index (χ0n) is 30.3. The van der Waals surface area contributed by atoms with Crippen LogP contribution in [0, 0.1) is 0 Å². The van der Waals surface area contributed by atoms with Crippen molar-refractivity contribution in [3.8, 4) is 28.3 Å². The van der Waals surface area contributed by atoms with Crippen molar-refractivity contribution < 1.29 is 0 Å². The highest BCUT2D eigenvalue weighted by Crippen LogP contribution is 2.55. The highest BCUT2D eigenvalue weighted by molar-refractivity contribution is 6.33. The number of para-hydroxylation sites is 1. The largest absolute Gasteiger partial charge is 0.308 e. The average molecular weight is 701 g/mol. The normalized spacial score (nSPS) is 13.8. The number of fused-ring (bicyclic) bond motifs is 12. The first-order valence-electron chi connectivity index (χ1n) is 19.1. The van der Waals surface area contributed by atoms with E-state index in [-0.39, 0.29) is 5.41 Å². The first-order chi connectivity index (χ1) is 27.1. The summed E-state index contributed by atoms with van der Waals surface area (Å²) in [7, 11) is 0. The topological polar surface area (TPSA) is 35.1 Å².